The molecule has 16 heavy (non-hydrogen) atoms. The van der Waals surface area contributed by atoms with Crippen LogP contribution in [-0.2, 0) is 0 Å². The van der Waals surface area contributed by atoms with Crippen LogP contribution < -0.4 is 5.73 Å². The van der Waals surface area contributed by atoms with Crippen molar-refractivity contribution < 1.29 is 4.39 Å². The van der Waals surface area contributed by atoms with Gasteiger partial charge in [0.25, 0.3) is 0 Å². The summed E-state index contributed by atoms with van der Waals surface area (Å²) in [7, 11) is 0. The third kappa shape index (κ3) is 2.06. The fraction of sp³-hybridized carbons (Fsp3) is 0.167. The quantitative estimate of drug-likeness (QED) is 0.836. The lowest BCUT2D eigenvalue weighted by molar-refractivity contribution is 0.598. The third-order valence-corrected chi connectivity index (χ3v) is 2.45. The Balaban J connectivity index is 2.41. The van der Waals surface area contributed by atoms with Crippen LogP contribution in [0.3, 0.4) is 0 Å². The number of rotatable bonds is 2. The normalized spacial score (nSPS) is 12.4. The Kier molecular flexibility index (Phi) is 2.92. The first-order valence-corrected chi connectivity index (χ1v) is 4.96. The van der Waals surface area contributed by atoms with Gasteiger partial charge in [-0.3, -0.25) is 0 Å². The molecule has 0 fully saturated rings. The van der Waals surface area contributed by atoms with E-state index in [0.717, 1.165) is 11.1 Å². The molecule has 0 amide bonds. The molecule has 1 aromatic carbocycles. The molecule has 0 aliphatic heterocycles. The smallest absolute Gasteiger partial charge is 0.128 e. The van der Waals surface area contributed by atoms with Crippen LogP contribution in [0.15, 0.2) is 36.7 Å². The average Bonchev–Trinajstić information content (AvgIpc) is 2.32. The van der Waals surface area contributed by atoms with E-state index in [1.54, 1.807) is 30.6 Å². The molecule has 4 heteroatoms. The van der Waals surface area contributed by atoms with Crippen LogP contribution >= 0.6 is 0 Å². The highest BCUT2D eigenvalue weighted by Crippen LogP contribution is 2.22. The van der Waals surface area contributed by atoms with Gasteiger partial charge < -0.3 is 5.73 Å². The molecule has 1 aromatic heterocycles. The third-order valence-electron chi connectivity index (χ3n) is 2.45. The van der Waals surface area contributed by atoms with Crippen LogP contribution in [0.5, 0.6) is 0 Å². The molecule has 0 saturated heterocycles. The van der Waals surface area contributed by atoms with Crippen molar-refractivity contribution in [2.45, 2.75) is 13.0 Å². The average molecular weight is 217 g/mol. The minimum absolute atomic E-state index is 0.296. The fourth-order valence-electron chi connectivity index (χ4n) is 1.57. The van der Waals surface area contributed by atoms with Gasteiger partial charge in [-0.05, 0) is 24.6 Å². The Hall–Kier alpha value is -1.81. The van der Waals surface area contributed by atoms with Crippen LogP contribution in [0, 0.1) is 12.7 Å². The van der Waals surface area contributed by atoms with Crippen molar-refractivity contribution in [2.75, 3.05) is 0 Å². The number of nitrogens with two attached hydrogens (primary N) is 1. The number of benzene rings is 1. The summed E-state index contributed by atoms with van der Waals surface area (Å²) >= 11 is 0. The van der Waals surface area contributed by atoms with Crippen molar-refractivity contribution >= 4 is 0 Å². The maximum absolute atomic E-state index is 13.6. The summed E-state index contributed by atoms with van der Waals surface area (Å²) in [5.74, 6) is -0.296. The fourth-order valence-corrected chi connectivity index (χ4v) is 1.57. The first-order valence-electron chi connectivity index (χ1n) is 4.96. The summed E-state index contributed by atoms with van der Waals surface area (Å²) in [6, 6.07) is 6.13. The van der Waals surface area contributed by atoms with Crippen molar-refractivity contribution in [3.63, 3.8) is 0 Å². The molecule has 1 heterocycles. The Labute approximate surface area is 93.1 Å². The van der Waals surface area contributed by atoms with Crippen LogP contribution in [0.25, 0.3) is 0 Å². The highest BCUT2D eigenvalue weighted by Gasteiger charge is 2.13. The maximum atomic E-state index is 13.6. The molecular weight excluding hydrogens is 205 g/mol. The molecule has 0 bridgehead atoms. The number of nitrogens with zero attached hydrogens (tertiary/aromatic N) is 2. The van der Waals surface area contributed by atoms with E-state index in [9.17, 15) is 4.39 Å². The molecule has 2 aromatic rings. The van der Waals surface area contributed by atoms with Gasteiger partial charge in [0.05, 0.1) is 12.2 Å². The highest BCUT2D eigenvalue weighted by atomic mass is 19.1. The number of aryl methyl sites for hydroxylation is 1. The minimum atomic E-state index is -0.504. The lowest BCUT2D eigenvalue weighted by atomic mass is 9.99. The van der Waals surface area contributed by atoms with Crippen molar-refractivity contribution in [1.82, 2.24) is 10.2 Å². The first-order chi connectivity index (χ1) is 7.68. The van der Waals surface area contributed by atoms with E-state index in [4.69, 9.17) is 5.73 Å². The molecule has 0 radical (unpaired) electrons. The molecule has 3 nitrogen and oxygen atoms in total. The van der Waals surface area contributed by atoms with Gasteiger partial charge in [-0.2, -0.15) is 10.2 Å². The second kappa shape index (κ2) is 4.37. The van der Waals surface area contributed by atoms with Crippen molar-refractivity contribution in [3.05, 3.63) is 59.2 Å². The van der Waals surface area contributed by atoms with Gasteiger partial charge in [0.1, 0.15) is 5.82 Å². The monoisotopic (exact) mass is 217 g/mol. The molecule has 2 N–H and O–H groups in total. The van der Waals surface area contributed by atoms with E-state index in [1.165, 1.54) is 6.07 Å². The molecule has 0 aliphatic carbocycles. The van der Waals surface area contributed by atoms with Gasteiger partial charge in [-0.1, -0.05) is 17.7 Å². The van der Waals surface area contributed by atoms with Gasteiger partial charge in [-0.25, -0.2) is 4.39 Å². The number of aromatic nitrogens is 2. The summed E-state index contributed by atoms with van der Waals surface area (Å²) < 4.78 is 13.6. The minimum Gasteiger partial charge on any atom is -0.320 e. The molecule has 0 aliphatic rings. The van der Waals surface area contributed by atoms with Crippen LogP contribution in [0.1, 0.15) is 22.7 Å². The largest absolute Gasteiger partial charge is 0.320 e. The van der Waals surface area contributed by atoms with E-state index in [0.29, 0.717) is 5.56 Å². The van der Waals surface area contributed by atoms with Gasteiger partial charge in [-0.15, -0.1) is 0 Å². The number of hydrogen-bond donors (Lipinski definition) is 1. The summed E-state index contributed by atoms with van der Waals surface area (Å²) in [4.78, 5) is 0. The Bertz CT molecular complexity index is 485. The summed E-state index contributed by atoms with van der Waals surface area (Å²) in [6.45, 7) is 1.90. The second-order valence-electron chi connectivity index (χ2n) is 3.68. The van der Waals surface area contributed by atoms with Crippen LogP contribution in [0.4, 0.5) is 4.39 Å². The zero-order chi connectivity index (χ0) is 11.5. The molecule has 2 rings (SSSR count). The molecule has 1 unspecified atom stereocenters. The molecule has 0 saturated carbocycles. The number of hydrogen-bond acceptors (Lipinski definition) is 3. The van der Waals surface area contributed by atoms with Crippen LogP contribution in [0.2, 0.25) is 0 Å². The topological polar surface area (TPSA) is 51.8 Å². The zero-order valence-electron chi connectivity index (χ0n) is 8.89. The van der Waals surface area contributed by atoms with E-state index in [1.807, 2.05) is 6.92 Å². The van der Waals surface area contributed by atoms with E-state index in [2.05, 4.69) is 10.2 Å². The van der Waals surface area contributed by atoms with Crippen LogP contribution in [-0.4, -0.2) is 10.2 Å². The van der Waals surface area contributed by atoms with E-state index < -0.39 is 6.04 Å². The first kappa shape index (κ1) is 10.7. The van der Waals surface area contributed by atoms with Crippen molar-refractivity contribution in [3.8, 4) is 0 Å². The van der Waals surface area contributed by atoms with Gasteiger partial charge in [0.2, 0.25) is 0 Å². The summed E-state index contributed by atoms with van der Waals surface area (Å²) in [5, 5.41) is 7.39. The van der Waals surface area contributed by atoms with E-state index in [-0.39, 0.29) is 5.82 Å². The summed E-state index contributed by atoms with van der Waals surface area (Å²) in [6.07, 6.45) is 3.09. The van der Waals surface area contributed by atoms with Gasteiger partial charge in [0.15, 0.2) is 0 Å². The Morgan fingerprint density at radius 1 is 1.25 bits per heavy atom. The van der Waals surface area contributed by atoms with E-state index >= 15 is 0 Å². The van der Waals surface area contributed by atoms with Gasteiger partial charge in [0, 0.05) is 11.8 Å². The standard InChI is InChI=1S/C12H12FN3/c1-8-2-3-11(13)10(6-8)12(14)9-4-5-15-16-7-9/h2-7,12H,14H2,1H3. The molecule has 0 spiro atoms. The zero-order valence-corrected chi connectivity index (χ0v) is 8.89. The highest BCUT2D eigenvalue weighted by molar-refractivity contribution is 5.32. The molecular formula is C12H12FN3. The predicted molar refractivity (Wildman–Crippen MR) is 59.2 cm³/mol. The lowest BCUT2D eigenvalue weighted by Gasteiger charge is -2.13. The predicted octanol–water partition coefficient (Wildman–Crippen LogP) is 1.97. The molecule has 1 atom stereocenters. The van der Waals surface area contributed by atoms with Crippen molar-refractivity contribution in [2.24, 2.45) is 5.73 Å². The Morgan fingerprint density at radius 3 is 2.75 bits per heavy atom. The summed E-state index contributed by atoms with van der Waals surface area (Å²) in [5.41, 5.74) is 8.19. The second-order valence-corrected chi connectivity index (χ2v) is 3.68. The van der Waals surface area contributed by atoms with Crippen molar-refractivity contribution in [1.29, 1.82) is 0 Å². The maximum Gasteiger partial charge on any atom is 0.128 e. The Morgan fingerprint density at radius 2 is 2.06 bits per heavy atom. The SMILES string of the molecule is Cc1ccc(F)c(C(N)c2ccnnc2)c1. The molecule has 82 valence electrons. The van der Waals surface area contributed by atoms with Gasteiger partial charge >= 0.3 is 0 Å². The number of halogens is 1. The lowest BCUT2D eigenvalue weighted by Crippen LogP contribution is -2.14.